The minimum atomic E-state index is 0.105. The van der Waals surface area contributed by atoms with Gasteiger partial charge >= 0.3 is 0 Å². The van der Waals surface area contributed by atoms with Gasteiger partial charge in [-0.15, -0.1) is 0 Å². The van der Waals surface area contributed by atoms with Gasteiger partial charge in [0.2, 0.25) is 5.13 Å². The summed E-state index contributed by atoms with van der Waals surface area (Å²) in [4.78, 5) is 17.6. The van der Waals surface area contributed by atoms with Crippen molar-refractivity contribution in [1.29, 1.82) is 0 Å². The standard InChI is InChI=1S/C21H16ClN3OS/c1-12-20-17(10-14(11-18(20)26)13-5-4-6-15(22)9-13)25(24-12)21-23-16-7-2-3-8-19(16)27-21/h2-9,14H,10-11H2,1H3/t14-/m1/s1. The molecule has 134 valence electrons. The van der Waals surface area contributed by atoms with Gasteiger partial charge in [-0.25, -0.2) is 9.67 Å². The number of nitrogens with zero attached hydrogens (tertiary/aromatic N) is 3. The van der Waals surface area contributed by atoms with Crippen LogP contribution in [0.4, 0.5) is 0 Å². The fourth-order valence-corrected chi connectivity index (χ4v) is 5.00. The van der Waals surface area contributed by atoms with Crippen molar-refractivity contribution < 1.29 is 4.79 Å². The molecule has 6 heteroatoms. The Morgan fingerprint density at radius 1 is 1.15 bits per heavy atom. The van der Waals surface area contributed by atoms with Gasteiger partial charge in [-0.3, -0.25) is 4.79 Å². The number of halogens is 1. The Kier molecular flexibility index (Phi) is 3.88. The molecular weight excluding hydrogens is 378 g/mol. The predicted molar refractivity (Wildman–Crippen MR) is 108 cm³/mol. The van der Waals surface area contributed by atoms with Crippen LogP contribution in [-0.2, 0) is 6.42 Å². The highest BCUT2D eigenvalue weighted by Gasteiger charge is 2.32. The first-order valence-electron chi connectivity index (χ1n) is 8.83. The molecule has 0 radical (unpaired) electrons. The van der Waals surface area contributed by atoms with Crippen LogP contribution >= 0.6 is 22.9 Å². The third-order valence-corrected chi connectivity index (χ3v) is 6.34. The van der Waals surface area contributed by atoms with Gasteiger partial charge < -0.3 is 0 Å². The number of carbonyl (C=O) groups is 1. The second kappa shape index (κ2) is 6.29. The molecule has 2 aromatic heterocycles. The predicted octanol–water partition coefficient (Wildman–Crippen LogP) is 5.36. The number of carbonyl (C=O) groups excluding carboxylic acids is 1. The largest absolute Gasteiger partial charge is 0.294 e. The first kappa shape index (κ1) is 16.7. The van der Waals surface area contributed by atoms with Gasteiger partial charge in [0.1, 0.15) is 0 Å². The van der Waals surface area contributed by atoms with Crippen LogP contribution in [0, 0.1) is 6.92 Å². The molecule has 0 fully saturated rings. The van der Waals surface area contributed by atoms with Crippen molar-refractivity contribution in [2.75, 3.05) is 0 Å². The SMILES string of the molecule is Cc1nn(-c2nc3ccccc3s2)c2c1C(=O)C[C@H](c1cccc(Cl)c1)C2. The summed E-state index contributed by atoms with van der Waals surface area (Å²) in [6.07, 6.45) is 1.23. The van der Waals surface area contributed by atoms with E-state index >= 15 is 0 Å². The van der Waals surface area contributed by atoms with Crippen molar-refractivity contribution in [3.63, 3.8) is 0 Å². The van der Waals surface area contributed by atoms with Crippen LogP contribution in [-0.4, -0.2) is 20.5 Å². The maximum Gasteiger partial charge on any atom is 0.211 e. The number of aryl methyl sites for hydroxylation is 1. The molecule has 1 aliphatic carbocycles. The zero-order chi connectivity index (χ0) is 18.5. The molecule has 0 spiro atoms. The van der Waals surface area contributed by atoms with Crippen LogP contribution in [0.2, 0.25) is 5.02 Å². The van der Waals surface area contributed by atoms with Crippen LogP contribution in [0.1, 0.15) is 39.6 Å². The summed E-state index contributed by atoms with van der Waals surface area (Å²) in [5.41, 5.74) is 4.53. The quantitative estimate of drug-likeness (QED) is 0.460. The lowest BCUT2D eigenvalue weighted by molar-refractivity contribution is 0.0963. The lowest BCUT2D eigenvalue weighted by Crippen LogP contribution is -2.20. The molecule has 0 aliphatic heterocycles. The molecular formula is C21H16ClN3OS. The molecule has 0 unspecified atom stereocenters. The van der Waals surface area contributed by atoms with Crippen molar-refractivity contribution in [2.24, 2.45) is 0 Å². The molecule has 4 nitrogen and oxygen atoms in total. The topological polar surface area (TPSA) is 47.8 Å². The third kappa shape index (κ3) is 2.78. The van der Waals surface area contributed by atoms with E-state index in [4.69, 9.17) is 16.6 Å². The maximum absolute atomic E-state index is 12.9. The summed E-state index contributed by atoms with van der Waals surface area (Å²) in [7, 11) is 0. The van der Waals surface area contributed by atoms with Gasteiger partial charge in [-0.1, -0.05) is 47.2 Å². The van der Waals surface area contributed by atoms with E-state index in [0.717, 1.165) is 44.3 Å². The van der Waals surface area contributed by atoms with Crippen molar-refractivity contribution in [3.8, 4) is 5.13 Å². The molecule has 0 amide bonds. The molecule has 0 bridgehead atoms. The number of hydrogen-bond donors (Lipinski definition) is 0. The number of thiazole rings is 1. The van der Waals surface area contributed by atoms with Crippen molar-refractivity contribution in [3.05, 3.63) is 76.1 Å². The second-order valence-corrected chi connectivity index (χ2v) is 8.31. The lowest BCUT2D eigenvalue weighted by atomic mass is 9.81. The maximum atomic E-state index is 12.9. The number of hydrogen-bond acceptors (Lipinski definition) is 4. The van der Waals surface area contributed by atoms with Gasteiger partial charge in [0.25, 0.3) is 0 Å². The number of rotatable bonds is 2. The number of ketones is 1. The molecule has 1 atom stereocenters. The first-order valence-corrected chi connectivity index (χ1v) is 10.0. The molecule has 0 N–H and O–H groups in total. The second-order valence-electron chi connectivity index (χ2n) is 6.87. The highest BCUT2D eigenvalue weighted by molar-refractivity contribution is 7.20. The van der Waals surface area contributed by atoms with Gasteiger partial charge in [0, 0.05) is 11.4 Å². The molecule has 5 rings (SSSR count). The lowest BCUT2D eigenvalue weighted by Gasteiger charge is -2.22. The van der Waals surface area contributed by atoms with Crippen molar-refractivity contribution in [2.45, 2.75) is 25.7 Å². The number of fused-ring (bicyclic) bond motifs is 2. The zero-order valence-corrected chi connectivity index (χ0v) is 16.2. The normalized spacial score (nSPS) is 16.7. The fourth-order valence-electron chi connectivity index (χ4n) is 3.86. The minimum Gasteiger partial charge on any atom is -0.294 e. The number of benzene rings is 2. The van der Waals surface area contributed by atoms with Crippen LogP contribution in [0.5, 0.6) is 0 Å². The van der Waals surface area contributed by atoms with Gasteiger partial charge in [-0.2, -0.15) is 5.10 Å². The summed E-state index contributed by atoms with van der Waals surface area (Å²) < 4.78 is 2.98. The summed E-state index contributed by atoms with van der Waals surface area (Å²) in [6.45, 7) is 1.90. The van der Waals surface area contributed by atoms with Crippen molar-refractivity contribution in [1.82, 2.24) is 14.8 Å². The number of aromatic nitrogens is 3. The van der Waals surface area contributed by atoms with Crippen LogP contribution in [0.25, 0.3) is 15.3 Å². The first-order chi connectivity index (χ1) is 13.1. The Morgan fingerprint density at radius 2 is 2.00 bits per heavy atom. The van der Waals surface area contributed by atoms with E-state index in [2.05, 4.69) is 11.2 Å². The summed E-state index contributed by atoms with van der Waals surface area (Å²) in [5.74, 6) is 0.249. The minimum absolute atomic E-state index is 0.105. The summed E-state index contributed by atoms with van der Waals surface area (Å²) in [5, 5.41) is 6.17. The highest BCUT2D eigenvalue weighted by Crippen LogP contribution is 2.37. The van der Waals surface area contributed by atoms with E-state index in [-0.39, 0.29) is 11.7 Å². The van der Waals surface area contributed by atoms with E-state index in [1.54, 1.807) is 11.3 Å². The van der Waals surface area contributed by atoms with E-state index in [0.29, 0.717) is 11.4 Å². The fraction of sp³-hybridized carbons (Fsp3) is 0.190. The Bertz CT molecular complexity index is 1160. The van der Waals surface area contributed by atoms with Gasteiger partial charge in [0.15, 0.2) is 5.78 Å². The Labute approximate surface area is 165 Å². The number of Topliss-reactive ketones (excluding diaryl/α,β-unsaturated/α-hetero) is 1. The average Bonchev–Trinajstić information content (AvgIpc) is 3.23. The highest BCUT2D eigenvalue weighted by atomic mass is 35.5. The van der Waals surface area contributed by atoms with E-state index in [1.165, 1.54) is 0 Å². The van der Waals surface area contributed by atoms with Gasteiger partial charge in [0.05, 0.1) is 27.2 Å². The smallest absolute Gasteiger partial charge is 0.211 e. The molecule has 0 saturated carbocycles. The Hall–Kier alpha value is -2.50. The average molecular weight is 394 g/mol. The molecule has 27 heavy (non-hydrogen) atoms. The van der Waals surface area contributed by atoms with Crippen LogP contribution in [0.15, 0.2) is 48.5 Å². The Morgan fingerprint density at radius 3 is 2.81 bits per heavy atom. The monoisotopic (exact) mass is 393 g/mol. The van der Waals surface area contributed by atoms with E-state index in [1.807, 2.05) is 54.1 Å². The van der Waals surface area contributed by atoms with Crippen molar-refractivity contribution >= 4 is 38.9 Å². The number of para-hydroxylation sites is 1. The molecule has 4 aromatic rings. The van der Waals surface area contributed by atoms with E-state index in [9.17, 15) is 4.79 Å². The molecule has 2 aromatic carbocycles. The van der Waals surface area contributed by atoms with Gasteiger partial charge in [-0.05, 0) is 49.1 Å². The van der Waals surface area contributed by atoms with Crippen LogP contribution in [0.3, 0.4) is 0 Å². The zero-order valence-electron chi connectivity index (χ0n) is 14.6. The summed E-state index contributed by atoms with van der Waals surface area (Å²) in [6, 6.07) is 15.8. The Balaban J connectivity index is 1.62. The van der Waals surface area contributed by atoms with E-state index < -0.39 is 0 Å². The molecule has 2 heterocycles. The molecule has 0 saturated heterocycles. The summed E-state index contributed by atoms with van der Waals surface area (Å²) >= 11 is 7.76. The molecule has 1 aliphatic rings. The van der Waals surface area contributed by atoms with Crippen LogP contribution < -0.4 is 0 Å². The third-order valence-electron chi connectivity index (χ3n) is 5.09.